The summed E-state index contributed by atoms with van der Waals surface area (Å²) in [5.41, 5.74) is 2.18. The predicted molar refractivity (Wildman–Crippen MR) is 81.9 cm³/mol. The van der Waals surface area contributed by atoms with E-state index in [4.69, 9.17) is 0 Å². The van der Waals surface area contributed by atoms with Crippen molar-refractivity contribution in [3.63, 3.8) is 0 Å². The smallest absolute Gasteiger partial charge is 0.206 e. The van der Waals surface area contributed by atoms with Crippen LogP contribution in [0.25, 0.3) is 0 Å². The van der Waals surface area contributed by atoms with E-state index in [0.717, 1.165) is 21.3 Å². The van der Waals surface area contributed by atoms with Crippen LogP contribution in [0.3, 0.4) is 0 Å². The highest BCUT2D eigenvalue weighted by molar-refractivity contribution is 9.11. The van der Waals surface area contributed by atoms with Crippen molar-refractivity contribution in [2.45, 2.75) is 24.1 Å². The molecular formula is C13H14BrNO2S2. The van der Waals surface area contributed by atoms with Crippen LogP contribution in [0.4, 0.5) is 0 Å². The number of aryl methyl sites for hydroxylation is 1. The minimum atomic E-state index is -3.42. The summed E-state index contributed by atoms with van der Waals surface area (Å²) in [6, 6.07) is 11.2. The maximum atomic E-state index is 12.1. The first-order chi connectivity index (χ1) is 9.03. The molecule has 0 saturated carbocycles. The third-order valence-corrected chi connectivity index (χ3v) is 6.28. The van der Waals surface area contributed by atoms with Crippen LogP contribution in [0.5, 0.6) is 0 Å². The lowest BCUT2D eigenvalue weighted by Gasteiger charge is -2.08. The summed E-state index contributed by atoms with van der Waals surface area (Å²) < 4.78 is 28.0. The zero-order chi connectivity index (χ0) is 13.9. The molecule has 1 heterocycles. The van der Waals surface area contributed by atoms with E-state index in [2.05, 4.69) is 27.6 Å². The molecule has 2 aromatic rings. The van der Waals surface area contributed by atoms with Crippen molar-refractivity contribution >= 4 is 37.3 Å². The van der Waals surface area contributed by atoms with Crippen LogP contribution in [-0.4, -0.2) is 8.42 Å². The Balaban J connectivity index is 2.14. The van der Waals surface area contributed by atoms with Gasteiger partial charge >= 0.3 is 0 Å². The number of sulfonamides is 1. The van der Waals surface area contributed by atoms with E-state index in [0.29, 0.717) is 10.8 Å². The van der Waals surface area contributed by atoms with Gasteiger partial charge in [0.1, 0.15) is 4.21 Å². The number of halogens is 1. The molecule has 0 saturated heterocycles. The van der Waals surface area contributed by atoms with Crippen LogP contribution in [-0.2, 0) is 23.0 Å². The molecule has 19 heavy (non-hydrogen) atoms. The normalized spacial score (nSPS) is 11.7. The third kappa shape index (κ3) is 3.66. The molecule has 1 N–H and O–H groups in total. The summed E-state index contributed by atoms with van der Waals surface area (Å²) in [5, 5.41) is 0. The minimum absolute atomic E-state index is 0.321. The van der Waals surface area contributed by atoms with Gasteiger partial charge in [-0.3, -0.25) is 0 Å². The Hall–Kier alpha value is -0.690. The van der Waals surface area contributed by atoms with Gasteiger partial charge in [-0.15, -0.1) is 11.3 Å². The van der Waals surface area contributed by atoms with E-state index in [1.54, 1.807) is 12.1 Å². The molecule has 0 aliphatic heterocycles. The summed E-state index contributed by atoms with van der Waals surface area (Å²) in [7, 11) is -3.42. The number of benzene rings is 1. The maximum Gasteiger partial charge on any atom is 0.250 e. The van der Waals surface area contributed by atoms with E-state index in [1.165, 1.54) is 11.3 Å². The number of thiophene rings is 1. The lowest BCUT2D eigenvalue weighted by Crippen LogP contribution is -2.22. The van der Waals surface area contributed by atoms with Crippen molar-refractivity contribution in [2.75, 3.05) is 0 Å². The lowest BCUT2D eigenvalue weighted by molar-refractivity contribution is 0.583. The van der Waals surface area contributed by atoms with Gasteiger partial charge in [0.15, 0.2) is 0 Å². The van der Waals surface area contributed by atoms with Gasteiger partial charge in [0.05, 0.1) is 3.79 Å². The Morgan fingerprint density at radius 1 is 1.16 bits per heavy atom. The van der Waals surface area contributed by atoms with Gasteiger partial charge in [0, 0.05) is 6.54 Å². The van der Waals surface area contributed by atoms with Crippen LogP contribution in [0.1, 0.15) is 18.1 Å². The third-order valence-electron chi connectivity index (χ3n) is 2.77. The quantitative estimate of drug-likeness (QED) is 0.886. The second-order valence-corrected chi connectivity index (χ2v) is 8.46. The molecule has 2 rings (SSSR count). The number of rotatable bonds is 5. The van der Waals surface area contributed by atoms with E-state index >= 15 is 0 Å². The van der Waals surface area contributed by atoms with Crippen molar-refractivity contribution in [1.29, 1.82) is 0 Å². The van der Waals surface area contributed by atoms with Crippen molar-refractivity contribution in [3.8, 4) is 0 Å². The summed E-state index contributed by atoms with van der Waals surface area (Å²) in [5.74, 6) is 0. The first-order valence-electron chi connectivity index (χ1n) is 5.84. The van der Waals surface area contributed by atoms with Gasteiger partial charge in [-0.2, -0.15) is 0 Å². The maximum absolute atomic E-state index is 12.1. The monoisotopic (exact) mass is 359 g/mol. The fourth-order valence-corrected chi connectivity index (χ4v) is 4.82. The van der Waals surface area contributed by atoms with Gasteiger partial charge in [-0.1, -0.05) is 31.2 Å². The summed E-state index contributed by atoms with van der Waals surface area (Å²) in [6.45, 7) is 2.38. The number of nitrogens with one attached hydrogen (secondary N) is 1. The molecule has 0 spiro atoms. The van der Waals surface area contributed by atoms with Crippen LogP contribution < -0.4 is 4.72 Å². The average molecular weight is 360 g/mol. The molecule has 0 atom stereocenters. The van der Waals surface area contributed by atoms with Crippen molar-refractivity contribution in [3.05, 3.63) is 51.3 Å². The van der Waals surface area contributed by atoms with E-state index < -0.39 is 10.0 Å². The minimum Gasteiger partial charge on any atom is -0.206 e. The highest BCUT2D eigenvalue weighted by Gasteiger charge is 2.16. The zero-order valence-corrected chi connectivity index (χ0v) is 13.6. The fourth-order valence-electron chi connectivity index (χ4n) is 1.76. The Kier molecular flexibility index (Phi) is 4.78. The van der Waals surface area contributed by atoms with Crippen molar-refractivity contribution in [2.24, 2.45) is 0 Å². The highest BCUT2D eigenvalue weighted by Crippen LogP contribution is 2.26. The highest BCUT2D eigenvalue weighted by atomic mass is 79.9. The second kappa shape index (κ2) is 6.17. The molecular weight excluding hydrogens is 346 g/mol. The van der Waals surface area contributed by atoms with E-state index in [-0.39, 0.29) is 0 Å². The molecule has 0 radical (unpaired) electrons. The molecule has 1 aromatic heterocycles. The SMILES string of the molecule is CCc1ccccc1CNS(=O)(=O)c1ccc(Br)s1. The number of hydrogen-bond acceptors (Lipinski definition) is 3. The van der Waals surface area contributed by atoms with Crippen LogP contribution in [0.2, 0.25) is 0 Å². The van der Waals surface area contributed by atoms with Crippen LogP contribution >= 0.6 is 27.3 Å². The van der Waals surface area contributed by atoms with Gasteiger partial charge in [-0.25, -0.2) is 13.1 Å². The molecule has 102 valence electrons. The predicted octanol–water partition coefficient (Wildman–Crippen LogP) is 3.55. The Morgan fingerprint density at radius 2 is 1.84 bits per heavy atom. The molecule has 1 aromatic carbocycles. The van der Waals surface area contributed by atoms with E-state index in [9.17, 15) is 8.42 Å². The molecule has 3 nitrogen and oxygen atoms in total. The first kappa shape index (κ1) is 14.7. The molecule has 0 aliphatic rings. The van der Waals surface area contributed by atoms with Gasteiger partial charge in [0.2, 0.25) is 10.0 Å². The fraction of sp³-hybridized carbons (Fsp3) is 0.231. The molecule has 0 amide bonds. The molecule has 0 aliphatic carbocycles. The Labute approximate surface area is 125 Å². The molecule has 6 heteroatoms. The van der Waals surface area contributed by atoms with Gasteiger partial charge in [-0.05, 0) is 45.6 Å². The van der Waals surface area contributed by atoms with Crippen molar-refractivity contribution < 1.29 is 8.42 Å². The van der Waals surface area contributed by atoms with Crippen LogP contribution in [0, 0.1) is 0 Å². The Bertz CT molecular complexity index is 665. The topological polar surface area (TPSA) is 46.2 Å². The first-order valence-corrected chi connectivity index (χ1v) is 8.94. The van der Waals surface area contributed by atoms with Crippen LogP contribution in [0.15, 0.2) is 44.4 Å². The standard InChI is InChI=1S/C13H14BrNO2S2/c1-2-10-5-3-4-6-11(10)9-15-19(16,17)13-8-7-12(14)18-13/h3-8,15H,2,9H2,1H3. The van der Waals surface area contributed by atoms with E-state index in [1.807, 2.05) is 24.3 Å². The van der Waals surface area contributed by atoms with Crippen molar-refractivity contribution in [1.82, 2.24) is 4.72 Å². The Morgan fingerprint density at radius 3 is 2.42 bits per heavy atom. The molecule has 0 bridgehead atoms. The largest absolute Gasteiger partial charge is 0.250 e. The second-order valence-electron chi connectivity index (χ2n) is 4.01. The van der Waals surface area contributed by atoms with Gasteiger partial charge < -0.3 is 0 Å². The molecule has 0 fully saturated rings. The molecule has 0 unspecified atom stereocenters. The summed E-state index contributed by atoms with van der Waals surface area (Å²) in [6.07, 6.45) is 0.891. The zero-order valence-electron chi connectivity index (χ0n) is 10.4. The number of hydrogen-bond donors (Lipinski definition) is 1. The summed E-state index contributed by atoms with van der Waals surface area (Å²) >= 11 is 4.48. The van der Waals surface area contributed by atoms with Gasteiger partial charge in [0.25, 0.3) is 0 Å². The lowest BCUT2D eigenvalue weighted by atomic mass is 10.1. The average Bonchev–Trinajstić information content (AvgIpc) is 2.84. The summed E-state index contributed by atoms with van der Waals surface area (Å²) in [4.78, 5) is 0.